The van der Waals surface area contributed by atoms with E-state index >= 15 is 0 Å². The van der Waals surface area contributed by atoms with E-state index in [2.05, 4.69) is 10.6 Å². The van der Waals surface area contributed by atoms with Crippen LogP contribution in [0.5, 0.6) is 11.5 Å². The highest BCUT2D eigenvalue weighted by Gasteiger charge is 2.30. The van der Waals surface area contributed by atoms with Crippen molar-refractivity contribution < 1.29 is 45.8 Å². The van der Waals surface area contributed by atoms with Gasteiger partial charge in [-0.1, -0.05) is 12.1 Å². The fourth-order valence-electron chi connectivity index (χ4n) is 3.07. The second kappa shape index (κ2) is 11.8. The van der Waals surface area contributed by atoms with Crippen LogP contribution in [0.4, 0.5) is 26.3 Å². The SMILES string of the molecule is O=C(NCCO)/C(=C\c1ccc(C(F)(F)F)cc1)NC(=O)c1ccc(Oc2ccc(C(F)(F)F)cc2)cc1. The smallest absolute Gasteiger partial charge is 0.416 e. The molecule has 0 atom stereocenters. The van der Waals surface area contributed by atoms with Gasteiger partial charge in [0.05, 0.1) is 17.7 Å². The van der Waals surface area contributed by atoms with Gasteiger partial charge >= 0.3 is 12.4 Å². The number of hydrogen-bond acceptors (Lipinski definition) is 4. The van der Waals surface area contributed by atoms with Gasteiger partial charge in [0.25, 0.3) is 11.8 Å². The molecule has 3 aromatic rings. The molecule has 200 valence electrons. The number of nitrogens with one attached hydrogen (secondary N) is 2. The molecule has 0 spiro atoms. The third-order valence-corrected chi connectivity index (χ3v) is 4.97. The van der Waals surface area contributed by atoms with E-state index in [1.165, 1.54) is 30.3 Å². The molecule has 0 heterocycles. The summed E-state index contributed by atoms with van der Waals surface area (Å²) in [4.78, 5) is 25.2. The Labute approximate surface area is 212 Å². The Morgan fingerprint density at radius 1 is 0.763 bits per heavy atom. The summed E-state index contributed by atoms with van der Waals surface area (Å²) in [6.45, 7) is -0.511. The summed E-state index contributed by atoms with van der Waals surface area (Å²) in [6, 6.07) is 13.4. The number of amides is 2. The van der Waals surface area contributed by atoms with Crippen LogP contribution in [0.2, 0.25) is 0 Å². The van der Waals surface area contributed by atoms with Crippen LogP contribution < -0.4 is 15.4 Å². The molecule has 12 heteroatoms. The molecule has 0 aliphatic heterocycles. The highest BCUT2D eigenvalue weighted by atomic mass is 19.4. The van der Waals surface area contributed by atoms with Crippen molar-refractivity contribution in [2.24, 2.45) is 0 Å². The second-order valence-corrected chi connectivity index (χ2v) is 7.76. The van der Waals surface area contributed by atoms with Crippen molar-refractivity contribution in [3.05, 3.63) is 101 Å². The van der Waals surface area contributed by atoms with Crippen LogP contribution in [0.1, 0.15) is 27.0 Å². The van der Waals surface area contributed by atoms with Gasteiger partial charge in [0.15, 0.2) is 0 Å². The standard InChI is InChI=1S/C26H20F6N2O4/c27-25(28,29)18-5-1-16(2-6-18)15-22(24(37)33-13-14-35)34-23(36)17-3-9-20(10-4-17)38-21-11-7-19(8-12-21)26(30,31)32/h1-12,15,35H,13-14H2,(H,33,37)(H,34,36)/b22-15+. The Kier molecular flexibility index (Phi) is 8.79. The number of carbonyl (C=O) groups is 2. The molecule has 0 aromatic heterocycles. The van der Waals surface area contributed by atoms with E-state index in [9.17, 15) is 35.9 Å². The van der Waals surface area contributed by atoms with Gasteiger partial charge in [0.1, 0.15) is 17.2 Å². The summed E-state index contributed by atoms with van der Waals surface area (Å²) in [5.41, 5.74) is -1.72. The molecule has 0 saturated heterocycles. The average Bonchev–Trinajstić information content (AvgIpc) is 2.87. The normalized spacial score (nSPS) is 12.1. The quantitative estimate of drug-likeness (QED) is 0.265. The Hall–Kier alpha value is -4.32. The van der Waals surface area contributed by atoms with Crippen LogP contribution in [-0.4, -0.2) is 30.1 Å². The van der Waals surface area contributed by atoms with Gasteiger partial charge in [-0.2, -0.15) is 26.3 Å². The van der Waals surface area contributed by atoms with Crippen LogP contribution in [0, 0.1) is 0 Å². The molecule has 0 aliphatic rings. The highest BCUT2D eigenvalue weighted by Crippen LogP contribution is 2.32. The maximum Gasteiger partial charge on any atom is 0.416 e. The van der Waals surface area contributed by atoms with E-state index < -0.39 is 35.3 Å². The number of hydrogen-bond donors (Lipinski definition) is 3. The van der Waals surface area contributed by atoms with Gasteiger partial charge in [0, 0.05) is 12.1 Å². The zero-order valence-corrected chi connectivity index (χ0v) is 19.4. The molecular weight excluding hydrogens is 518 g/mol. The Bertz CT molecular complexity index is 1280. The Morgan fingerprint density at radius 2 is 1.24 bits per heavy atom. The molecule has 3 N–H and O–H groups in total. The summed E-state index contributed by atoms with van der Waals surface area (Å²) < 4.78 is 82.0. The number of aliphatic hydroxyl groups excluding tert-OH is 1. The topological polar surface area (TPSA) is 87.7 Å². The summed E-state index contributed by atoms with van der Waals surface area (Å²) >= 11 is 0. The lowest BCUT2D eigenvalue weighted by Crippen LogP contribution is -2.36. The third-order valence-electron chi connectivity index (χ3n) is 4.97. The zero-order valence-electron chi connectivity index (χ0n) is 19.4. The molecule has 38 heavy (non-hydrogen) atoms. The number of carbonyl (C=O) groups excluding carboxylic acids is 2. The molecule has 3 aromatic carbocycles. The molecular formula is C26H20F6N2O4. The number of benzene rings is 3. The van der Waals surface area contributed by atoms with Gasteiger partial charge < -0.3 is 20.5 Å². The average molecular weight is 538 g/mol. The summed E-state index contributed by atoms with van der Waals surface area (Å²) in [5.74, 6) is -1.15. The van der Waals surface area contributed by atoms with E-state index in [0.717, 1.165) is 48.5 Å². The van der Waals surface area contributed by atoms with Crippen LogP contribution >= 0.6 is 0 Å². The lowest BCUT2D eigenvalue weighted by molar-refractivity contribution is -0.138. The first-order valence-corrected chi connectivity index (χ1v) is 10.9. The number of alkyl halides is 6. The third kappa shape index (κ3) is 7.84. The second-order valence-electron chi connectivity index (χ2n) is 7.76. The van der Waals surface area contributed by atoms with Crippen LogP contribution in [0.25, 0.3) is 6.08 Å². The van der Waals surface area contributed by atoms with E-state index in [1.807, 2.05) is 0 Å². The zero-order chi connectivity index (χ0) is 27.9. The Balaban J connectivity index is 1.74. The van der Waals surface area contributed by atoms with Crippen molar-refractivity contribution in [1.82, 2.24) is 10.6 Å². The largest absolute Gasteiger partial charge is 0.457 e. The van der Waals surface area contributed by atoms with Crippen molar-refractivity contribution in [3.8, 4) is 11.5 Å². The first-order valence-electron chi connectivity index (χ1n) is 10.9. The molecule has 6 nitrogen and oxygen atoms in total. The predicted molar refractivity (Wildman–Crippen MR) is 125 cm³/mol. The van der Waals surface area contributed by atoms with Crippen molar-refractivity contribution in [1.29, 1.82) is 0 Å². The Morgan fingerprint density at radius 3 is 1.71 bits per heavy atom. The van der Waals surface area contributed by atoms with Gasteiger partial charge in [-0.15, -0.1) is 0 Å². The lowest BCUT2D eigenvalue weighted by Gasteiger charge is -2.12. The number of halogens is 6. The molecule has 0 saturated carbocycles. The van der Waals surface area contributed by atoms with Crippen molar-refractivity contribution in [2.45, 2.75) is 12.4 Å². The number of rotatable bonds is 8. The lowest BCUT2D eigenvalue weighted by atomic mass is 10.1. The van der Waals surface area contributed by atoms with Crippen LogP contribution in [0.3, 0.4) is 0 Å². The number of aliphatic hydroxyl groups is 1. The predicted octanol–water partition coefficient (Wildman–Crippen LogP) is 5.40. The highest BCUT2D eigenvalue weighted by molar-refractivity contribution is 6.05. The van der Waals surface area contributed by atoms with Gasteiger partial charge in [-0.25, -0.2) is 0 Å². The first kappa shape index (κ1) is 28.3. The van der Waals surface area contributed by atoms with Crippen LogP contribution in [-0.2, 0) is 17.1 Å². The fraction of sp³-hybridized carbons (Fsp3) is 0.154. The van der Waals surface area contributed by atoms with Crippen LogP contribution in [0.15, 0.2) is 78.5 Å². The number of ether oxygens (including phenoxy) is 1. The molecule has 0 fully saturated rings. The summed E-state index contributed by atoms with van der Waals surface area (Å²) in [7, 11) is 0. The van der Waals surface area contributed by atoms with Crippen molar-refractivity contribution in [2.75, 3.05) is 13.2 Å². The van der Waals surface area contributed by atoms with Gasteiger partial charge in [-0.3, -0.25) is 9.59 Å². The summed E-state index contributed by atoms with van der Waals surface area (Å²) in [6.07, 6.45) is -7.85. The van der Waals surface area contributed by atoms with Gasteiger partial charge in [0.2, 0.25) is 0 Å². The van der Waals surface area contributed by atoms with E-state index in [1.54, 1.807) is 0 Å². The van der Waals surface area contributed by atoms with E-state index in [-0.39, 0.29) is 41.5 Å². The minimum atomic E-state index is -4.54. The van der Waals surface area contributed by atoms with E-state index in [4.69, 9.17) is 9.84 Å². The molecule has 3 rings (SSSR count). The maximum atomic E-state index is 12.8. The van der Waals surface area contributed by atoms with Crippen molar-refractivity contribution in [3.63, 3.8) is 0 Å². The van der Waals surface area contributed by atoms with Crippen molar-refractivity contribution >= 4 is 17.9 Å². The maximum absolute atomic E-state index is 12.8. The molecule has 0 radical (unpaired) electrons. The minimum Gasteiger partial charge on any atom is -0.457 e. The molecule has 0 unspecified atom stereocenters. The fourth-order valence-corrected chi connectivity index (χ4v) is 3.07. The minimum absolute atomic E-state index is 0.0815. The summed E-state index contributed by atoms with van der Waals surface area (Å²) in [5, 5.41) is 13.7. The van der Waals surface area contributed by atoms with Gasteiger partial charge in [-0.05, 0) is 72.3 Å². The first-order chi connectivity index (χ1) is 17.9. The molecule has 0 aliphatic carbocycles. The molecule has 0 bridgehead atoms. The monoisotopic (exact) mass is 538 g/mol. The van der Waals surface area contributed by atoms with E-state index in [0.29, 0.717) is 0 Å². The molecule has 2 amide bonds.